The number of anilines is 1. The van der Waals surface area contributed by atoms with Crippen molar-refractivity contribution in [1.29, 1.82) is 0 Å². The SMILES string of the molecule is CC.Cc1nc2ccc(C34CCN(CCC(F)(F)F)CC3(C)O4)c(F)c2cc1N1CCC(=O)NC1=O. The summed E-state index contributed by atoms with van der Waals surface area (Å²) in [4.78, 5) is 31.3. The van der Waals surface area contributed by atoms with Crippen LogP contribution in [0.1, 0.15) is 51.3 Å². The molecule has 0 radical (unpaired) electrons. The van der Waals surface area contributed by atoms with Gasteiger partial charge in [-0.05, 0) is 32.4 Å². The number of likely N-dealkylation sites (tertiary alicyclic amines) is 1. The number of fused-ring (bicyclic) bond motifs is 2. The number of epoxide rings is 1. The van der Waals surface area contributed by atoms with Crippen LogP contribution in [0, 0.1) is 12.7 Å². The van der Waals surface area contributed by atoms with E-state index < -0.39 is 35.6 Å². The third-order valence-corrected chi connectivity index (χ3v) is 7.11. The highest BCUT2D eigenvalue weighted by Crippen LogP contribution is 2.61. The number of halogens is 4. The Morgan fingerprint density at radius 3 is 2.56 bits per heavy atom. The summed E-state index contributed by atoms with van der Waals surface area (Å²) in [6.07, 6.45) is -4.63. The first-order valence-electron chi connectivity index (χ1n) is 12.1. The number of carbonyl (C=O) groups excluding carboxylic acids is 2. The van der Waals surface area contributed by atoms with E-state index in [-0.39, 0.29) is 37.3 Å². The van der Waals surface area contributed by atoms with Gasteiger partial charge in [-0.15, -0.1) is 0 Å². The molecule has 2 atom stereocenters. The second-order valence-corrected chi connectivity index (χ2v) is 9.39. The molecule has 2 aromatic rings. The third kappa shape index (κ3) is 4.54. The molecule has 0 aliphatic carbocycles. The molecule has 1 aromatic carbocycles. The van der Waals surface area contributed by atoms with Gasteiger partial charge >= 0.3 is 12.2 Å². The Hall–Kier alpha value is -2.79. The maximum Gasteiger partial charge on any atom is 0.390 e. The number of aromatic nitrogens is 1. The number of urea groups is 1. The van der Waals surface area contributed by atoms with Crippen LogP contribution in [-0.2, 0) is 15.1 Å². The highest BCUT2D eigenvalue weighted by Gasteiger charge is 2.70. The summed E-state index contributed by atoms with van der Waals surface area (Å²) in [6.45, 7) is 8.19. The highest BCUT2D eigenvalue weighted by molar-refractivity contribution is 6.06. The Bertz CT molecular complexity index is 1200. The smallest absolute Gasteiger partial charge is 0.356 e. The van der Waals surface area contributed by atoms with Crippen LogP contribution in [0.3, 0.4) is 0 Å². The normalized spacial score (nSPS) is 26.3. The number of aryl methyl sites for hydroxylation is 1. The molecule has 11 heteroatoms. The second-order valence-electron chi connectivity index (χ2n) is 9.39. The molecule has 196 valence electrons. The zero-order valence-electron chi connectivity index (χ0n) is 20.8. The van der Waals surface area contributed by atoms with E-state index in [0.717, 1.165) is 0 Å². The van der Waals surface area contributed by atoms with E-state index in [1.165, 1.54) is 4.90 Å². The topological polar surface area (TPSA) is 78.1 Å². The van der Waals surface area contributed by atoms with Crippen LogP contribution >= 0.6 is 0 Å². The van der Waals surface area contributed by atoms with Crippen molar-refractivity contribution in [3.63, 3.8) is 0 Å². The van der Waals surface area contributed by atoms with Gasteiger partial charge in [-0.3, -0.25) is 24.9 Å². The average molecular weight is 511 g/mol. The summed E-state index contributed by atoms with van der Waals surface area (Å²) in [5, 5.41) is 2.47. The number of imide groups is 1. The molecule has 1 N–H and O–H groups in total. The Balaban J connectivity index is 0.00000148. The summed E-state index contributed by atoms with van der Waals surface area (Å²) < 4.78 is 59.8. The number of hydrogen-bond donors (Lipinski definition) is 1. The number of nitrogens with zero attached hydrogens (tertiary/aromatic N) is 3. The van der Waals surface area contributed by atoms with Gasteiger partial charge in [0.2, 0.25) is 5.91 Å². The van der Waals surface area contributed by atoms with E-state index in [9.17, 15) is 22.8 Å². The maximum atomic E-state index is 15.9. The summed E-state index contributed by atoms with van der Waals surface area (Å²) in [7, 11) is 0. The molecule has 3 saturated heterocycles. The second kappa shape index (κ2) is 9.26. The Kier molecular flexibility index (Phi) is 6.76. The number of piperidine rings is 1. The minimum Gasteiger partial charge on any atom is -0.356 e. The third-order valence-electron chi connectivity index (χ3n) is 7.11. The average Bonchev–Trinajstić information content (AvgIpc) is 3.44. The van der Waals surface area contributed by atoms with Crippen LogP contribution < -0.4 is 10.2 Å². The molecular weight excluding hydrogens is 480 g/mol. The van der Waals surface area contributed by atoms with E-state index >= 15 is 4.39 Å². The quantitative estimate of drug-likeness (QED) is 0.473. The molecule has 3 fully saturated rings. The minimum atomic E-state index is -4.23. The molecule has 1 aromatic heterocycles. The van der Waals surface area contributed by atoms with Crippen molar-refractivity contribution in [2.24, 2.45) is 0 Å². The molecule has 7 nitrogen and oxygen atoms in total. The standard InChI is InChI=1S/C23H24F4N4O3.C2H6/c1-13-17(31-8-5-18(32)29-20(31)33)11-14-16(28-13)4-3-15(19(14)24)22-6-9-30(10-7-23(25,26)27)12-21(22,2)34-22;1-2/h3-4,11H,5-10,12H2,1-2H3,(H,29,32,33);1-2H3. The summed E-state index contributed by atoms with van der Waals surface area (Å²) >= 11 is 0. The van der Waals surface area contributed by atoms with Crippen LogP contribution in [0.5, 0.6) is 0 Å². The number of ether oxygens (including phenoxy) is 1. The first-order chi connectivity index (χ1) is 16.9. The molecule has 3 aliphatic heterocycles. The largest absolute Gasteiger partial charge is 0.390 e. The van der Waals surface area contributed by atoms with Gasteiger partial charge in [-0.25, -0.2) is 9.18 Å². The van der Waals surface area contributed by atoms with Gasteiger partial charge in [-0.1, -0.05) is 19.9 Å². The van der Waals surface area contributed by atoms with Crippen LogP contribution in [0.15, 0.2) is 18.2 Å². The molecule has 0 bridgehead atoms. The molecule has 4 heterocycles. The van der Waals surface area contributed by atoms with E-state index in [1.54, 1.807) is 36.9 Å². The minimum absolute atomic E-state index is 0.119. The van der Waals surface area contributed by atoms with Crippen molar-refractivity contribution in [3.8, 4) is 0 Å². The van der Waals surface area contributed by atoms with E-state index in [4.69, 9.17) is 4.74 Å². The van der Waals surface area contributed by atoms with Gasteiger partial charge in [0.1, 0.15) is 17.0 Å². The number of alkyl halides is 3. The molecular formula is C25H30F4N4O3. The fourth-order valence-corrected chi connectivity index (χ4v) is 5.28. The van der Waals surface area contributed by atoms with Crippen molar-refractivity contribution >= 4 is 28.5 Å². The monoisotopic (exact) mass is 510 g/mol. The molecule has 3 amide bonds. The van der Waals surface area contributed by atoms with Crippen LogP contribution in [0.2, 0.25) is 0 Å². The van der Waals surface area contributed by atoms with E-state index in [1.807, 2.05) is 13.8 Å². The molecule has 2 unspecified atom stereocenters. The first kappa shape index (κ1) is 26.3. The number of rotatable bonds is 4. The zero-order valence-corrected chi connectivity index (χ0v) is 20.8. The molecule has 0 spiro atoms. The lowest BCUT2D eigenvalue weighted by Crippen LogP contribution is -2.49. The first-order valence-corrected chi connectivity index (χ1v) is 12.1. The molecule has 0 saturated carbocycles. The van der Waals surface area contributed by atoms with Gasteiger partial charge in [0.15, 0.2) is 0 Å². The Morgan fingerprint density at radius 1 is 1.19 bits per heavy atom. The van der Waals surface area contributed by atoms with Crippen molar-refractivity contribution in [2.45, 2.75) is 64.3 Å². The summed E-state index contributed by atoms with van der Waals surface area (Å²) in [5.74, 6) is -0.890. The van der Waals surface area contributed by atoms with Gasteiger partial charge < -0.3 is 4.74 Å². The van der Waals surface area contributed by atoms with Crippen molar-refractivity contribution < 1.29 is 31.9 Å². The number of pyridine rings is 1. The number of hydrogen-bond acceptors (Lipinski definition) is 5. The number of nitrogens with one attached hydrogen (secondary N) is 1. The number of amides is 3. The van der Waals surface area contributed by atoms with Crippen molar-refractivity contribution in [1.82, 2.24) is 15.2 Å². The van der Waals surface area contributed by atoms with Gasteiger partial charge in [0, 0.05) is 43.5 Å². The maximum absolute atomic E-state index is 15.9. The van der Waals surface area contributed by atoms with Gasteiger partial charge in [0.25, 0.3) is 0 Å². The predicted octanol–water partition coefficient (Wildman–Crippen LogP) is 4.80. The fourth-order valence-electron chi connectivity index (χ4n) is 5.28. The van der Waals surface area contributed by atoms with Crippen molar-refractivity contribution in [2.75, 3.05) is 31.1 Å². The lowest BCUT2D eigenvalue weighted by molar-refractivity contribution is -0.138. The molecule has 3 aliphatic rings. The van der Waals surface area contributed by atoms with Crippen LogP contribution in [0.25, 0.3) is 10.9 Å². The van der Waals surface area contributed by atoms with Crippen LogP contribution in [0.4, 0.5) is 28.0 Å². The fraction of sp³-hybridized carbons (Fsp3) is 0.560. The summed E-state index contributed by atoms with van der Waals surface area (Å²) in [6, 6.07) is 4.30. The zero-order chi connectivity index (χ0) is 26.5. The Morgan fingerprint density at radius 2 is 1.92 bits per heavy atom. The Labute approximate surface area is 206 Å². The lowest BCUT2D eigenvalue weighted by Gasteiger charge is -2.33. The highest BCUT2D eigenvalue weighted by atomic mass is 19.4. The summed E-state index contributed by atoms with van der Waals surface area (Å²) in [5.41, 5.74) is -0.0233. The lowest BCUT2D eigenvalue weighted by atomic mass is 9.80. The number of carbonyl (C=O) groups is 2. The predicted molar refractivity (Wildman–Crippen MR) is 126 cm³/mol. The van der Waals surface area contributed by atoms with Gasteiger partial charge in [0.05, 0.1) is 23.3 Å². The van der Waals surface area contributed by atoms with E-state index in [0.29, 0.717) is 35.4 Å². The number of benzene rings is 1. The molecule has 5 rings (SSSR count). The van der Waals surface area contributed by atoms with Crippen molar-refractivity contribution in [3.05, 3.63) is 35.3 Å². The van der Waals surface area contributed by atoms with Gasteiger partial charge in [-0.2, -0.15) is 13.2 Å². The molecule has 36 heavy (non-hydrogen) atoms. The van der Waals surface area contributed by atoms with Crippen LogP contribution in [-0.4, -0.2) is 59.8 Å². The van der Waals surface area contributed by atoms with E-state index in [2.05, 4.69) is 10.3 Å².